The van der Waals surface area contributed by atoms with Crippen LogP contribution in [0.1, 0.15) is 32.0 Å². The summed E-state index contributed by atoms with van der Waals surface area (Å²) in [6.07, 6.45) is 1.39. The summed E-state index contributed by atoms with van der Waals surface area (Å²) in [5.74, 6) is 0.455. The van der Waals surface area contributed by atoms with Gasteiger partial charge in [-0.15, -0.1) is 10.2 Å². The van der Waals surface area contributed by atoms with E-state index in [-0.39, 0.29) is 0 Å². The van der Waals surface area contributed by atoms with E-state index < -0.39 is 11.4 Å². The highest BCUT2D eigenvalue weighted by atomic mass is 16.4. The third kappa shape index (κ3) is 2.46. The zero-order valence-corrected chi connectivity index (χ0v) is 10.1. The van der Waals surface area contributed by atoms with Crippen molar-refractivity contribution >= 4 is 5.97 Å². The molecule has 2 heterocycles. The first kappa shape index (κ1) is 12.0. The molecule has 1 aromatic heterocycles. The highest BCUT2D eigenvalue weighted by molar-refractivity contribution is 5.74. The third-order valence-electron chi connectivity index (χ3n) is 3.24. The zero-order chi connectivity index (χ0) is 12.5. The fourth-order valence-corrected chi connectivity index (χ4v) is 2.05. The fourth-order valence-electron chi connectivity index (χ4n) is 2.05. The molecule has 1 saturated heterocycles. The number of likely N-dealkylation sites (tertiary alicyclic amines) is 1. The summed E-state index contributed by atoms with van der Waals surface area (Å²) in [6, 6.07) is 0. The summed E-state index contributed by atoms with van der Waals surface area (Å²) in [7, 11) is 0. The van der Waals surface area contributed by atoms with Gasteiger partial charge in [-0.05, 0) is 19.9 Å². The Balaban J connectivity index is 1.96. The Morgan fingerprint density at radius 2 is 2.24 bits per heavy atom. The number of aliphatic carboxylic acids is 1. The van der Waals surface area contributed by atoms with Crippen LogP contribution in [0.4, 0.5) is 0 Å². The second-order valence-electron chi connectivity index (χ2n) is 4.77. The molecule has 0 radical (unpaired) electrons. The van der Waals surface area contributed by atoms with E-state index >= 15 is 0 Å². The smallest absolute Gasteiger partial charge is 0.310 e. The van der Waals surface area contributed by atoms with Crippen LogP contribution in [-0.2, 0) is 17.8 Å². The molecule has 94 valence electrons. The Morgan fingerprint density at radius 1 is 1.53 bits per heavy atom. The van der Waals surface area contributed by atoms with Crippen molar-refractivity contribution in [3.8, 4) is 0 Å². The lowest BCUT2D eigenvalue weighted by Gasteiger charge is -2.18. The Bertz CT molecular complexity index is 418. The van der Waals surface area contributed by atoms with Crippen molar-refractivity contribution < 1.29 is 14.3 Å². The molecule has 6 heteroatoms. The van der Waals surface area contributed by atoms with E-state index in [0.29, 0.717) is 31.3 Å². The first-order valence-electron chi connectivity index (χ1n) is 5.80. The summed E-state index contributed by atoms with van der Waals surface area (Å²) < 4.78 is 5.41. The monoisotopic (exact) mass is 239 g/mol. The van der Waals surface area contributed by atoms with Crippen molar-refractivity contribution in [2.75, 3.05) is 13.1 Å². The molecule has 1 fully saturated rings. The summed E-state index contributed by atoms with van der Waals surface area (Å²) in [5.41, 5.74) is -0.645. The molecule has 1 N–H and O–H groups in total. The standard InChI is InChI=1S/C11H17N3O3/c1-3-8-12-13-9(17-8)6-14-5-4-11(2,7-14)10(15)16/h3-7H2,1-2H3,(H,15,16). The normalized spacial score (nSPS) is 25.3. The highest BCUT2D eigenvalue weighted by Crippen LogP contribution is 2.30. The van der Waals surface area contributed by atoms with Crippen molar-refractivity contribution in [2.24, 2.45) is 5.41 Å². The minimum absolute atomic E-state index is 0.534. The molecule has 17 heavy (non-hydrogen) atoms. The van der Waals surface area contributed by atoms with E-state index in [2.05, 4.69) is 10.2 Å². The van der Waals surface area contributed by atoms with Gasteiger partial charge in [-0.1, -0.05) is 6.92 Å². The predicted molar refractivity (Wildman–Crippen MR) is 59.3 cm³/mol. The van der Waals surface area contributed by atoms with Gasteiger partial charge in [0, 0.05) is 13.0 Å². The molecule has 1 atom stereocenters. The van der Waals surface area contributed by atoms with Crippen LogP contribution in [0.2, 0.25) is 0 Å². The molecule has 0 bridgehead atoms. The maximum atomic E-state index is 11.1. The number of aryl methyl sites for hydroxylation is 1. The largest absolute Gasteiger partial charge is 0.481 e. The quantitative estimate of drug-likeness (QED) is 0.842. The average Bonchev–Trinajstić information content (AvgIpc) is 2.87. The molecule has 0 spiro atoms. The van der Waals surface area contributed by atoms with Gasteiger partial charge >= 0.3 is 5.97 Å². The van der Waals surface area contributed by atoms with Gasteiger partial charge in [0.05, 0.1) is 12.0 Å². The number of carboxylic acids is 1. The molecule has 6 nitrogen and oxygen atoms in total. The van der Waals surface area contributed by atoms with E-state index in [1.54, 1.807) is 6.92 Å². The summed E-state index contributed by atoms with van der Waals surface area (Å²) >= 11 is 0. The number of hydrogen-bond acceptors (Lipinski definition) is 5. The fraction of sp³-hybridized carbons (Fsp3) is 0.727. The molecule has 0 aromatic carbocycles. The van der Waals surface area contributed by atoms with Gasteiger partial charge in [-0.3, -0.25) is 9.69 Å². The van der Waals surface area contributed by atoms with E-state index in [0.717, 1.165) is 13.0 Å². The lowest BCUT2D eigenvalue weighted by molar-refractivity contribution is -0.147. The van der Waals surface area contributed by atoms with Crippen LogP contribution in [0.3, 0.4) is 0 Å². The van der Waals surface area contributed by atoms with Crippen LogP contribution in [0.25, 0.3) is 0 Å². The highest BCUT2D eigenvalue weighted by Gasteiger charge is 2.40. The molecule has 2 rings (SSSR count). The Hall–Kier alpha value is -1.43. The number of rotatable bonds is 4. The van der Waals surface area contributed by atoms with Crippen molar-refractivity contribution in [1.82, 2.24) is 15.1 Å². The van der Waals surface area contributed by atoms with Crippen LogP contribution >= 0.6 is 0 Å². The lowest BCUT2D eigenvalue weighted by Crippen LogP contribution is -2.31. The Kier molecular flexibility index (Phi) is 3.15. The number of hydrogen-bond donors (Lipinski definition) is 1. The molecule has 1 unspecified atom stereocenters. The van der Waals surface area contributed by atoms with Gasteiger partial charge in [0.15, 0.2) is 0 Å². The van der Waals surface area contributed by atoms with Crippen molar-refractivity contribution in [1.29, 1.82) is 0 Å². The second-order valence-corrected chi connectivity index (χ2v) is 4.77. The average molecular weight is 239 g/mol. The first-order valence-corrected chi connectivity index (χ1v) is 5.80. The number of carbonyl (C=O) groups is 1. The number of carboxylic acid groups (broad SMARTS) is 1. The minimum atomic E-state index is -0.736. The topological polar surface area (TPSA) is 79.5 Å². The number of aromatic nitrogens is 2. The molecule has 1 aliphatic heterocycles. The maximum Gasteiger partial charge on any atom is 0.310 e. The SMILES string of the molecule is CCc1nnc(CN2CCC(C)(C(=O)O)C2)o1. The number of nitrogens with zero attached hydrogens (tertiary/aromatic N) is 3. The summed E-state index contributed by atoms with van der Waals surface area (Å²) in [6.45, 7) is 5.56. The van der Waals surface area contributed by atoms with E-state index in [9.17, 15) is 4.79 Å². The molecule has 1 aliphatic rings. The third-order valence-corrected chi connectivity index (χ3v) is 3.24. The van der Waals surface area contributed by atoms with Crippen molar-refractivity contribution in [3.63, 3.8) is 0 Å². The van der Waals surface area contributed by atoms with E-state index in [4.69, 9.17) is 9.52 Å². The van der Waals surface area contributed by atoms with E-state index in [1.807, 2.05) is 11.8 Å². The molecule has 0 amide bonds. The van der Waals surface area contributed by atoms with Crippen molar-refractivity contribution in [2.45, 2.75) is 33.2 Å². The molecular weight excluding hydrogens is 222 g/mol. The van der Waals surface area contributed by atoms with Gasteiger partial charge in [-0.2, -0.15) is 0 Å². The van der Waals surface area contributed by atoms with Gasteiger partial charge in [0.25, 0.3) is 0 Å². The molecule has 0 aliphatic carbocycles. The van der Waals surface area contributed by atoms with Crippen molar-refractivity contribution in [3.05, 3.63) is 11.8 Å². The minimum Gasteiger partial charge on any atom is -0.481 e. The van der Waals surface area contributed by atoms with Gasteiger partial charge in [-0.25, -0.2) is 0 Å². The molecule has 0 saturated carbocycles. The first-order chi connectivity index (χ1) is 8.03. The summed E-state index contributed by atoms with van der Waals surface area (Å²) in [5, 5.41) is 16.9. The van der Waals surface area contributed by atoms with Crippen LogP contribution < -0.4 is 0 Å². The van der Waals surface area contributed by atoms with Crippen LogP contribution in [0, 0.1) is 5.41 Å². The summed E-state index contributed by atoms with van der Waals surface area (Å²) in [4.78, 5) is 13.1. The van der Waals surface area contributed by atoms with Gasteiger partial charge in [0.2, 0.25) is 11.8 Å². The van der Waals surface area contributed by atoms with Crippen LogP contribution in [0.15, 0.2) is 4.42 Å². The lowest BCUT2D eigenvalue weighted by atomic mass is 9.90. The molecular formula is C11H17N3O3. The second kappa shape index (κ2) is 4.44. The van der Waals surface area contributed by atoms with Crippen LogP contribution in [0.5, 0.6) is 0 Å². The molecule has 1 aromatic rings. The Labute approximate surface area is 99.6 Å². The maximum absolute atomic E-state index is 11.1. The van der Waals surface area contributed by atoms with Gasteiger partial charge < -0.3 is 9.52 Å². The van der Waals surface area contributed by atoms with E-state index in [1.165, 1.54) is 0 Å². The Morgan fingerprint density at radius 3 is 2.76 bits per heavy atom. The predicted octanol–water partition coefficient (Wildman–Crippen LogP) is 0.929. The van der Waals surface area contributed by atoms with Gasteiger partial charge in [0.1, 0.15) is 0 Å². The van der Waals surface area contributed by atoms with Crippen LogP contribution in [-0.4, -0.2) is 39.3 Å². The zero-order valence-electron chi connectivity index (χ0n) is 10.1.